The van der Waals surface area contributed by atoms with E-state index >= 15 is 0 Å². The third kappa shape index (κ3) is 3.57. The summed E-state index contributed by atoms with van der Waals surface area (Å²) in [5, 5.41) is 11.4. The summed E-state index contributed by atoms with van der Waals surface area (Å²) in [7, 11) is 0. The zero-order chi connectivity index (χ0) is 20.5. The highest BCUT2D eigenvalue weighted by atomic mass is 79.9. The van der Waals surface area contributed by atoms with Gasteiger partial charge in [-0.1, -0.05) is 45.7 Å². The molecule has 1 unspecified atom stereocenters. The molecule has 3 aromatic rings. The third-order valence-electron chi connectivity index (χ3n) is 4.67. The second-order valence-corrected chi connectivity index (χ2v) is 7.79. The average Bonchev–Trinajstić information content (AvgIpc) is 2.99. The Labute approximate surface area is 180 Å². The topological polar surface area (TPSA) is 70.5 Å². The molecular formula is C22H14BrClN2O3. The molecule has 0 radical (unpaired) electrons. The van der Waals surface area contributed by atoms with Gasteiger partial charge >= 0.3 is 0 Å². The minimum absolute atomic E-state index is 0.0171. The second-order valence-electron chi connectivity index (χ2n) is 6.44. The van der Waals surface area contributed by atoms with Gasteiger partial charge in [0.1, 0.15) is 5.76 Å². The molecule has 0 aliphatic carbocycles. The average molecular weight is 470 g/mol. The fourth-order valence-corrected chi connectivity index (χ4v) is 3.80. The molecule has 0 bridgehead atoms. The molecule has 1 fully saturated rings. The maximum Gasteiger partial charge on any atom is 0.300 e. The molecule has 1 aromatic heterocycles. The number of pyridine rings is 1. The summed E-state index contributed by atoms with van der Waals surface area (Å²) in [6, 6.07) is 16.2. The van der Waals surface area contributed by atoms with E-state index in [0.29, 0.717) is 21.8 Å². The predicted molar refractivity (Wildman–Crippen MR) is 115 cm³/mol. The van der Waals surface area contributed by atoms with Crippen molar-refractivity contribution in [3.05, 3.63) is 99.3 Å². The summed E-state index contributed by atoms with van der Waals surface area (Å²) in [5.41, 5.74) is 1.58. The summed E-state index contributed by atoms with van der Waals surface area (Å²) in [4.78, 5) is 31.3. The van der Waals surface area contributed by atoms with Crippen LogP contribution in [0.1, 0.15) is 17.2 Å². The lowest BCUT2D eigenvalue weighted by molar-refractivity contribution is -0.132. The van der Waals surface area contributed by atoms with Gasteiger partial charge in [-0.2, -0.15) is 0 Å². The maximum atomic E-state index is 13.0. The molecule has 2 aromatic carbocycles. The number of aliphatic hydroxyl groups is 1. The fourth-order valence-electron chi connectivity index (χ4n) is 3.35. The number of hydrogen-bond donors (Lipinski definition) is 1. The van der Waals surface area contributed by atoms with Crippen LogP contribution in [0.5, 0.6) is 0 Å². The number of carbonyl (C=O) groups excluding carboxylic acids is 2. The van der Waals surface area contributed by atoms with E-state index < -0.39 is 17.7 Å². The Morgan fingerprint density at radius 2 is 1.72 bits per heavy atom. The monoisotopic (exact) mass is 468 g/mol. The van der Waals surface area contributed by atoms with Crippen LogP contribution in [0.3, 0.4) is 0 Å². The zero-order valence-electron chi connectivity index (χ0n) is 14.9. The molecule has 1 aliphatic heterocycles. The van der Waals surface area contributed by atoms with Gasteiger partial charge in [0.05, 0.1) is 11.6 Å². The largest absolute Gasteiger partial charge is 0.507 e. The normalized spacial score (nSPS) is 18.3. The lowest BCUT2D eigenvalue weighted by atomic mass is 9.96. The molecule has 1 aliphatic rings. The first-order valence-corrected chi connectivity index (χ1v) is 9.87. The Kier molecular flexibility index (Phi) is 5.22. The number of hydrogen-bond acceptors (Lipinski definition) is 4. The number of halogens is 2. The van der Waals surface area contributed by atoms with Crippen LogP contribution in [-0.2, 0) is 9.59 Å². The minimum atomic E-state index is -0.805. The molecule has 4 rings (SSSR count). The smallest absolute Gasteiger partial charge is 0.300 e. The summed E-state index contributed by atoms with van der Waals surface area (Å²) < 4.78 is 0.833. The number of rotatable bonds is 3. The number of amides is 1. The quantitative estimate of drug-likeness (QED) is 0.328. The van der Waals surface area contributed by atoms with E-state index in [-0.39, 0.29) is 11.3 Å². The number of Topliss-reactive ketones (excluding diaryl/α,β-unsaturated/α-hetero) is 1. The lowest BCUT2D eigenvalue weighted by Crippen LogP contribution is -2.29. The summed E-state index contributed by atoms with van der Waals surface area (Å²) in [6.07, 6.45) is 3.15. The lowest BCUT2D eigenvalue weighted by Gasteiger charge is -2.25. The summed E-state index contributed by atoms with van der Waals surface area (Å²) >= 11 is 9.46. The minimum Gasteiger partial charge on any atom is -0.507 e. The van der Waals surface area contributed by atoms with Crippen molar-refractivity contribution in [3.63, 3.8) is 0 Å². The van der Waals surface area contributed by atoms with Gasteiger partial charge < -0.3 is 5.11 Å². The summed E-state index contributed by atoms with van der Waals surface area (Å²) in [5.74, 6) is -1.72. The second kappa shape index (κ2) is 7.81. The van der Waals surface area contributed by atoms with Crippen LogP contribution in [0.4, 0.5) is 5.69 Å². The van der Waals surface area contributed by atoms with E-state index in [1.807, 2.05) is 0 Å². The number of anilines is 1. The predicted octanol–water partition coefficient (Wildman–Crippen LogP) is 5.12. The maximum absolute atomic E-state index is 13.0. The number of nitrogens with zero attached hydrogens (tertiary/aromatic N) is 2. The number of ketones is 1. The molecule has 1 atom stereocenters. The van der Waals surface area contributed by atoms with Crippen molar-refractivity contribution < 1.29 is 14.7 Å². The Bertz CT molecular complexity index is 1130. The molecule has 2 heterocycles. The third-order valence-corrected chi connectivity index (χ3v) is 5.43. The SMILES string of the molecule is O=C1C(=O)N(c2cccc(Cl)c2)C(c2ccncc2)/C1=C(\O)c1ccc(Br)cc1. The van der Waals surface area contributed by atoms with Crippen LogP contribution < -0.4 is 4.90 Å². The van der Waals surface area contributed by atoms with Crippen molar-refractivity contribution in [2.75, 3.05) is 4.90 Å². The van der Waals surface area contributed by atoms with Gasteiger partial charge in [0, 0.05) is 33.1 Å². The van der Waals surface area contributed by atoms with Crippen molar-refractivity contribution in [1.29, 1.82) is 0 Å². The molecule has 5 nitrogen and oxygen atoms in total. The van der Waals surface area contributed by atoms with Crippen LogP contribution in [0.2, 0.25) is 5.02 Å². The molecule has 29 heavy (non-hydrogen) atoms. The van der Waals surface area contributed by atoms with Crippen molar-refractivity contribution in [1.82, 2.24) is 4.98 Å². The van der Waals surface area contributed by atoms with Gasteiger partial charge in [-0.05, 0) is 48.0 Å². The van der Waals surface area contributed by atoms with E-state index in [2.05, 4.69) is 20.9 Å². The molecule has 1 saturated heterocycles. The van der Waals surface area contributed by atoms with Crippen LogP contribution >= 0.6 is 27.5 Å². The standard InChI is InChI=1S/C22H14BrClN2O3/c23-15-6-4-14(5-7-15)20(27)18-19(13-8-10-25-11-9-13)26(22(29)21(18)28)17-3-1-2-16(24)12-17/h1-12,19,27H/b20-18+. The highest BCUT2D eigenvalue weighted by molar-refractivity contribution is 9.10. The van der Waals surface area contributed by atoms with Gasteiger partial charge in [0.2, 0.25) is 0 Å². The number of aliphatic hydroxyl groups excluding tert-OH is 1. The molecule has 7 heteroatoms. The van der Waals surface area contributed by atoms with Gasteiger partial charge in [-0.3, -0.25) is 19.5 Å². The van der Waals surface area contributed by atoms with E-state index in [1.54, 1.807) is 73.1 Å². The number of aromatic nitrogens is 1. The first-order chi connectivity index (χ1) is 14.0. The fraction of sp³-hybridized carbons (Fsp3) is 0.0455. The van der Waals surface area contributed by atoms with Crippen LogP contribution in [0.15, 0.2) is 83.1 Å². The Morgan fingerprint density at radius 1 is 1.03 bits per heavy atom. The first-order valence-electron chi connectivity index (χ1n) is 8.70. The van der Waals surface area contributed by atoms with Crippen LogP contribution in [-0.4, -0.2) is 21.8 Å². The van der Waals surface area contributed by atoms with Gasteiger partial charge in [0.15, 0.2) is 0 Å². The number of carbonyl (C=O) groups is 2. The van der Waals surface area contributed by atoms with Crippen LogP contribution in [0.25, 0.3) is 5.76 Å². The van der Waals surface area contributed by atoms with Crippen molar-refractivity contribution in [3.8, 4) is 0 Å². The Morgan fingerprint density at radius 3 is 2.38 bits per heavy atom. The van der Waals surface area contributed by atoms with Gasteiger partial charge in [0.25, 0.3) is 11.7 Å². The number of benzene rings is 2. The molecule has 1 amide bonds. The highest BCUT2D eigenvalue weighted by Gasteiger charge is 2.46. The van der Waals surface area contributed by atoms with Crippen molar-refractivity contribution in [2.45, 2.75) is 6.04 Å². The van der Waals surface area contributed by atoms with Crippen molar-refractivity contribution >= 4 is 50.7 Å². The molecule has 144 valence electrons. The van der Waals surface area contributed by atoms with E-state index in [1.165, 1.54) is 4.90 Å². The van der Waals surface area contributed by atoms with Gasteiger partial charge in [-0.15, -0.1) is 0 Å². The van der Waals surface area contributed by atoms with E-state index in [0.717, 1.165) is 4.47 Å². The molecule has 1 N–H and O–H groups in total. The van der Waals surface area contributed by atoms with Gasteiger partial charge in [-0.25, -0.2) is 0 Å². The highest BCUT2D eigenvalue weighted by Crippen LogP contribution is 2.42. The molecule has 0 saturated carbocycles. The molecule has 0 spiro atoms. The van der Waals surface area contributed by atoms with E-state index in [4.69, 9.17) is 11.6 Å². The van der Waals surface area contributed by atoms with E-state index in [9.17, 15) is 14.7 Å². The Balaban J connectivity index is 1.94. The summed E-state index contributed by atoms with van der Waals surface area (Å²) in [6.45, 7) is 0. The molecular weight excluding hydrogens is 456 g/mol. The Hall–Kier alpha value is -2.96. The van der Waals surface area contributed by atoms with Crippen molar-refractivity contribution in [2.24, 2.45) is 0 Å². The van der Waals surface area contributed by atoms with Crippen LogP contribution in [0, 0.1) is 0 Å². The first kappa shape index (κ1) is 19.4. The zero-order valence-corrected chi connectivity index (χ0v) is 17.3.